The molecule has 3 N–H and O–H groups in total. The Bertz CT molecular complexity index is 150. The highest BCUT2D eigenvalue weighted by Gasteiger charge is 2.05. The molecule has 0 aromatic carbocycles. The van der Waals surface area contributed by atoms with Gasteiger partial charge in [-0.05, 0) is 6.92 Å². The van der Waals surface area contributed by atoms with Crippen molar-refractivity contribution in [3.8, 4) is 0 Å². The Morgan fingerprint density at radius 2 is 2.07 bits per heavy atom. The molecular weight excluding hydrogens is 192 g/mol. The van der Waals surface area contributed by atoms with Crippen LogP contribution in [0, 0.1) is 0 Å². The molecule has 14 heavy (non-hydrogen) atoms. The average molecular weight is 208 g/mol. The molecule has 2 atom stereocenters. The van der Waals surface area contributed by atoms with Crippen molar-refractivity contribution in [2.75, 3.05) is 13.7 Å². The lowest BCUT2D eigenvalue weighted by Gasteiger charge is -2.13. The predicted molar refractivity (Wildman–Crippen MR) is 48.5 cm³/mol. The number of hydrogen-bond donors (Lipinski definition) is 3. The molecule has 0 saturated carbocycles. The SMILES string of the molecule is C=CC(=O)O.COC(C)OC(O)CO. The van der Waals surface area contributed by atoms with Crippen molar-refractivity contribution in [2.45, 2.75) is 19.5 Å². The highest BCUT2D eigenvalue weighted by Crippen LogP contribution is 1.94. The van der Waals surface area contributed by atoms with E-state index in [1.165, 1.54) is 7.11 Å². The lowest BCUT2D eigenvalue weighted by molar-refractivity contribution is -0.221. The number of aliphatic carboxylic acids is 1. The standard InChI is InChI=1S/C5H12O4.C3H4O2/c1-4(8-2)9-5(7)3-6;1-2-3(4)5/h4-7H,3H2,1-2H3;2H,1H2,(H,4,5). The number of carbonyl (C=O) groups is 1. The minimum atomic E-state index is -1.14. The number of aliphatic hydroxyl groups is 2. The van der Waals surface area contributed by atoms with E-state index in [-0.39, 0.29) is 0 Å². The van der Waals surface area contributed by atoms with Gasteiger partial charge in [0.15, 0.2) is 12.6 Å². The van der Waals surface area contributed by atoms with Crippen LogP contribution in [-0.4, -0.2) is 47.6 Å². The Kier molecular flexibility index (Phi) is 11.2. The Morgan fingerprint density at radius 3 is 2.29 bits per heavy atom. The third kappa shape index (κ3) is 13.6. The van der Waals surface area contributed by atoms with Crippen LogP contribution in [0.1, 0.15) is 6.92 Å². The number of hydrogen-bond acceptors (Lipinski definition) is 5. The Hall–Kier alpha value is -0.950. The molecule has 6 heteroatoms. The van der Waals surface area contributed by atoms with Crippen LogP contribution in [-0.2, 0) is 14.3 Å². The molecule has 2 unspecified atom stereocenters. The highest BCUT2D eigenvalue weighted by atomic mass is 16.7. The lowest BCUT2D eigenvalue weighted by Crippen LogP contribution is -2.23. The zero-order valence-electron chi connectivity index (χ0n) is 8.21. The van der Waals surface area contributed by atoms with Crippen LogP contribution in [0.15, 0.2) is 12.7 Å². The molecule has 0 rings (SSSR count). The molecule has 0 bridgehead atoms. The van der Waals surface area contributed by atoms with Crippen LogP contribution >= 0.6 is 0 Å². The average Bonchev–Trinajstić information content (AvgIpc) is 2.18. The van der Waals surface area contributed by atoms with Crippen molar-refractivity contribution in [1.29, 1.82) is 0 Å². The first-order valence-corrected chi connectivity index (χ1v) is 3.80. The predicted octanol–water partition coefficient (Wildman–Crippen LogP) is -0.437. The molecule has 0 aliphatic heterocycles. The van der Waals surface area contributed by atoms with Gasteiger partial charge < -0.3 is 24.8 Å². The van der Waals surface area contributed by atoms with Gasteiger partial charge in [-0.3, -0.25) is 0 Å². The summed E-state index contributed by atoms with van der Waals surface area (Å²) in [5.41, 5.74) is 0. The van der Waals surface area contributed by atoms with E-state index in [0.717, 1.165) is 6.08 Å². The van der Waals surface area contributed by atoms with Crippen molar-refractivity contribution >= 4 is 5.97 Å². The summed E-state index contributed by atoms with van der Waals surface area (Å²) < 4.78 is 9.26. The van der Waals surface area contributed by atoms with E-state index < -0.39 is 25.2 Å². The van der Waals surface area contributed by atoms with Gasteiger partial charge in [0.25, 0.3) is 0 Å². The molecule has 0 amide bonds. The van der Waals surface area contributed by atoms with Crippen LogP contribution in [0.5, 0.6) is 0 Å². The normalized spacial score (nSPS) is 13.4. The van der Waals surface area contributed by atoms with Gasteiger partial charge in [-0.2, -0.15) is 0 Å². The topological polar surface area (TPSA) is 96.2 Å². The molecule has 6 nitrogen and oxygen atoms in total. The number of aliphatic hydroxyl groups excluding tert-OH is 2. The first-order chi connectivity index (χ1) is 6.47. The maximum atomic E-state index is 9.25. The zero-order valence-corrected chi connectivity index (χ0v) is 8.21. The molecule has 0 aromatic rings. The van der Waals surface area contributed by atoms with Gasteiger partial charge in [-0.15, -0.1) is 0 Å². The molecule has 0 aromatic heterocycles. The fourth-order valence-corrected chi connectivity index (χ4v) is 0.320. The molecule has 0 spiro atoms. The molecule has 0 saturated heterocycles. The maximum absolute atomic E-state index is 9.25. The molecule has 0 aliphatic rings. The van der Waals surface area contributed by atoms with Crippen molar-refractivity contribution in [3.63, 3.8) is 0 Å². The van der Waals surface area contributed by atoms with Gasteiger partial charge in [-0.25, -0.2) is 4.79 Å². The second-order valence-electron chi connectivity index (χ2n) is 2.12. The summed E-state index contributed by atoms with van der Waals surface area (Å²) in [6, 6.07) is 0. The van der Waals surface area contributed by atoms with Gasteiger partial charge in [0, 0.05) is 13.2 Å². The smallest absolute Gasteiger partial charge is 0.327 e. The van der Waals surface area contributed by atoms with Gasteiger partial charge in [0.1, 0.15) is 0 Å². The van der Waals surface area contributed by atoms with E-state index in [2.05, 4.69) is 16.1 Å². The fraction of sp³-hybridized carbons (Fsp3) is 0.625. The third-order valence-corrected chi connectivity index (χ3v) is 1.01. The molecule has 0 fully saturated rings. The second-order valence-corrected chi connectivity index (χ2v) is 2.12. The lowest BCUT2D eigenvalue weighted by atomic mass is 10.6. The van der Waals surface area contributed by atoms with Gasteiger partial charge >= 0.3 is 5.97 Å². The molecule has 84 valence electrons. The maximum Gasteiger partial charge on any atom is 0.327 e. The molecular formula is C8H16O6. The van der Waals surface area contributed by atoms with Crippen molar-refractivity contribution in [2.24, 2.45) is 0 Å². The third-order valence-electron chi connectivity index (χ3n) is 1.01. The highest BCUT2D eigenvalue weighted by molar-refractivity contribution is 5.78. The Balaban J connectivity index is 0. The zero-order chi connectivity index (χ0) is 11.6. The van der Waals surface area contributed by atoms with E-state index in [1.807, 2.05) is 0 Å². The number of carboxylic acid groups (broad SMARTS) is 1. The molecule has 0 radical (unpaired) electrons. The first kappa shape index (κ1) is 15.5. The van der Waals surface area contributed by atoms with Crippen molar-refractivity contribution in [1.82, 2.24) is 0 Å². The second kappa shape index (κ2) is 10.1. The summed E-state index contributed by atoms with van der Waals surface area (Å²) >= 11 is 0. The van der Waals surface area contributed by atoms with E-state index in [9.17, 15) is 4.79 Å². The summed E-state index contributed by atoms with van der Waals surface area (Å²) in [7, 11) is 1.45. The van der Waals surface area contributed by atoms with Crippen LogP contribution < -0.4 is 0 Å². The summed E-state index contributed by atoms with van der Waals surface area (Å²) in [5, 5.41) is 24.5. The summed E-state index contributed by atoms with van der Waals surface area (Å²) in [6.45, 7) is 4.18. The van der Waals surface area contributed by atoms with Crippen LogP contribution in [0.3, 0.4) is 0 Å². The van der Waals surface area contributed by atoms with Gasteiger partial charge in [-0.1, -0.05) is 6.58 Å². The largest absolute Gasteiger partial charge is 0.478 e. The van der Waals surface area contributed by atoms with Crippen LogP contribution in [0.25, 0.3) is 0 Å². The van der Waals surface area contributed by atoms with E-state index in [0.29, 0.717) is 0 Å². The van der Waals surface area contributed by atoms with Gasteiger partial charge in [0.05, 0.1) is 6.61 Å². The Morgan fingerprint density at radius 1 is 1.64 bits per heavy atom. The summed E-state index contributed by atoms with van der Waals surface area (Å²) in [5.74, 6) is -0.981. The quantitative estimate of drug-likeness (QED) is 0.419. The van der Waals surface area contributed by atoms with Gasteiger partial charge in [0.2, 0.25) is 0 Å². The minimum Gasteiger partial charge on any atom is -0.478 e. The van der Waals surface area contributed by atoms with E-state index in [1.54, 1.807) is 6.92 Å². The van der Waals surface area contributed by atoms with Crippen molar-refractivity contribution < 1.29 is 29.6 Å². The fourth-order valence-electron chi connectivity index (χ4n) is 0.320. The van der Waals surface area contributed by atoms with Crippen LogP contribution in [0.2, 0.25) is 0 Å². The number of rotatable bonds is 5. The monoisotopic (exact) mass is 208 g/mol. The number of ether oxygens (including phenoxy) is 2. The molecule has 0 aliphatic carbocycles. The van der Waals surface area contributed by atoms with Crippen LogP contribution in [0.4, 0.5) is 0 Å². The molecule has 0 heterocycles. The number of carboxylic acids is 1. The number of methoxy groups -OCH3 is 1. The summed E-state index contributed by atoms with van der Waals surface area (Å²) in [4.78, 5) is 9.25. The van der Waals surface area contributed by atoms with E-state index >= 15 is 0 Å². The summed E-state index contributed by atoms with van der Waals surface area (Å²) in [6.07, 6.45) is -0.785. The first-order valence-electron chi connectivity index (χ1n) is 3.80. The minimum absolute atomic E-state index is 0.409. The van der Waals surface area contributed by atoms with Crippen molar-refractivity contribution in [3.05, 3.63) is 12.7 Å². The van der Waals surface area contributed by atoms with E-state index in [4.69, 9.17) is 15.3 Å². The Labute approximate surface area is 82.4 Å².